The van der Waals surface area contributed by atoms with E-state index in [-0.39, 0.29) is 0 Å². The quantitative estimate of drug-likeness (QED) is 0.927. The molecule has 0 spiro atoms. The Morgan fingerprint density at radius 1 is 1.40 bits per heavy atom. The number of ether oxygens (including phenoxy) is 1. The summed E-state index contributed by atoms with van der Waals surface area (Å²) in [6.45, 7) is 5.44. The highest BCUT2D eigenvalue weighted by atomic mass is 16.5. The van der Waals surface area contributed by atoms with E-state index in [2.05, 4.69) is 40.5 Å². The molecule has 0 fully saturated rings. The molecule has 1 aliphatic rings. The number of nitrogens with zero attached hydrogens (tertiary/aromatic N) is 3. The Bertz CT molecular complexity index is 593. The van der Waals surface area contributed by atoms with Crippen LogP contribution in [0.1, 0.15) is 12.6 Å². The van der Waals surface area contributed by atoms with Crippen LogP contribution in [0.3, 0.4) is 0 Å². The number of hydrogen-bond donors (Lipinski definition) is 1. The molecule has 0 saturated heterocycles. The van der Waals surface area contributed by atoms with E-state index in [1.165, 1.54) is 0 Å². The van der Waals surface area contributed by atoms with Gasteiger partial charge in [0.1, 0.15) is 12.4 Å². The molecule has 0 bridgehead atoms. The monoisotopic (exact) mass is 272 g/mol. The number of aryl methyl sites for hydroxylation is 1. The standard InChI is InChI=1S/C15H20N4O/c1-3-16-12-4-5-15-14(8-12)19(6-7-20-15)10-13-9-18(2)11-17-13/h4-5,8-9,11,16H,3,6-7,10H2,1-2H3. The lowest BCUT2D eigenvalue weighted by molar-refractivity contribution is 0.307. The van der Waals surface area contributed by atoms with E-state index in [9.17, 15) is 0 Å². The summed E-state index contributed by atoms with van der Waals surface area (Å²) in [6.07, 6.45) is 3.90. The van der Waals surface area contributed by atoms with E-state index in [4.69, 9.17) is 4.74 Å². The Balaban J connectivity index is 1.85. The molecule has 0 atom stereocenters. The van der Waals surface area contributed by atoms with Crippen LogP contribution in [0.5, 0.6) is 5.75 Å². The minimum Gasteiger partial charge on any atom is -0.490 e. The zero-order valence-corrected chi connectivity index (χ0v) is 12.0. The van der Waals surface area contributed by atoms with Crippen molar-refractivity contribution in [2.45, 2.75) is 13.5 Å². The summed E-state index contributed by atoms with van der Waals surface area (Å²) in [6, 6.07) is 6.26. The van der Waals surface area contributed by atoms with E-state index < -0.39 is 0 Å². The first-order chi connectivity index (χ1) is 9.76. The van der Waals surface area contributed by atoms with Crippen molar-refractivity contribution in [3.8, 4) is 5.75 Å². The first-order valence-electron chi connectivity index (χ1n) is 6.99. The maximum absolute atomic E-state index is 5.73. The summed E-state index contributed by atoms with van der Waals surface area (Å²) in [5.41, 5.74) is 3.34. The van der Waals surface area contributed by atoms with Gasteiger partial charge in [0, 0.05) is 25.5 Å². The fourth-order valence-corrected chi connectivity index (χ4v) is 2.50. The summed E-state index contributed by atoms with van der Waals surface area (Å²) in [7, 11) is 1.99. The van der Waals surface area contributed by atoms with Crippen LogP contribution in [-0.4, -0.2) is 29.2 Å². The molecule has 5 heteroatoms. The molecule has 1 aliphatic heterocycles. The van der Waals surface area contributed by atoms with Gasteiger partial charge in [-0.2, -0.15) is 0 Å². The molecule has 0 aliphatic carbocycles. The number of nitrogens with one attached hydrogen (secondary N) is 1. The smallest absolute Gasteiger partial charge is 0.142 e. The zero-order chi connectivity index (χ0) is 13.9. The van der Waals surface area contributed by atoms with Crippen LogP contribution < -0.4 is 15.0 Å². The third-order valence-electron chi connectivity index (χ3n) is 3.41. The van der Waals surface area contributed by atoms with Gasteiger partial charge in [0.25, 0.3) is 0 Å². The predicted molar refractivity (Wildman–Crippen MR) is 80.4 cm³/mol. The number of hydrogen-bond acceptors (Lipinski definition) is 4. The SMILES string of the molecule is CCNc1ccc2c(c1)N(Cc1cn(C)cn1)CCO2. The normalized spacial score (nSPS) is 13.8. The maximum atomic E-state index is 5.73. The molecular weight excluding hydrogens is 252 g/mol. The molecule has 106 valence electrons. The predicted octanol–water partition coefficient (Wildman–Crippen LogP) is 2.25. The van der Waals surface area contributed by atoms with Crippen LogP contribution in [-0.2, 0) is 13.6 Å². The number of anilines is 2. The van der Waals surface area contributed by atoms with Gasteiger partial charge < -0.3 is 19.5 Å². The molecule has 0 unspecified atom stereocenters. The first kappa shape index (κ1) is 12.8. The lowest BCUT2D eigenvalue weighted by atomic mass is 10.2. The third kappa shape index (κ3) is 2.57. The summed E-state index contributed by atoms with van der Waals surface area (Å²) in [4.78, 5) is 6.73. The Labute approximate surface area is 119 Å². The van der Waals surface area contributed by atoms with E-state index >= 15 is 0 Å². The topological polar surface area (TPSA) is 42.3 Å². The van der Waals surface area contributed by atoms with Gasteiger partial charge >= 0.3 is 0 Å². The number of benzene rings is 1. The van der Waals surface area contributed by atoms with E-state index in [0.29, 0.717) is 0 Å². The molecule has 5 nitrogen and oxygen atoms in total. The second-order valence-electron chi connectivity index (χ2n) is 5.01. The average Bonchev–Trinajstić information content (AvgIpc) is 2.85. The lowest BCUT2D eigenvalue weighted by Gasteiger charge is -2.31. The van der Waals surface area contributed by atoms with Crippen molar-refractivity contribution in [1.82, 2.24) is 9.55 Å². The highest BCUT2D eigenvalue weighted by Gasteiger charge is 2.19. The van der Waals surface area contributed by atoms with Gasteiger partial charge in [-0.25, -0.2) is 4.98 Å². The van der Waals surface area contributed by atoms with Crippen molar-refractivity contribution in [2.75, 3.05) is 29.9 Å². The molecule has 20 heavy (non-hydrogen) atoms. The van der Waals surface area contributed by atoms with Gasteiger partial charge in [0.2, 0.25) is 0 Å². The second kappa shape index (κ2) is 5.45. The maximum Gasteiger partial charge on any atom is 0.142 e. The molecule has 1 N–H and O–H groups in total. The van der Waals surface area contributed by atoms with Crippen molar-refractivity contribution in [3.63, 3.8) is 0 Å². The van der Waals surface area contributed by atoms with Crippen LogP contribution in [0.4, 0.5) is 11.4 Å². The summed E-state index contributed by atoms with van der Waals surface area (Å²) in [5.74, 6) is 0.953. The Kier molecular flexibility index (Phi) is 3.50. The van der Waals surface area contributed by atoms with Gasteiger partial charge in [-0.15, -0.1) is 0 Å². The fraction of sp³-hybridized carbons (Fsp3) is 0.400. The van der Waals surface area contributed by atoms with Crippen LogP contribution in [0.25, 0.3) is 0 Å². The van der Waals surface area contributed by atoms with Crippen LogP contribution in [0.2, 0.25) is 0 Å². The number of fused-ring (bicyclic) bond motifs is 1. The van der Waals surface area contributed by atoms with Gasteiger partial charge in [0.05, 0.1) is 30.8 Å². The van der Waals surface area contributed by atoms with Gasteiger partial charge in [-0.3, -0.25) is 0 Å². The second-order valence-corrected chi connectivity index (χ2v) is 5.01. The van der Waals surface area contributed by atoms with Crippen molar-refractivity contribution >= 4 is 11.4 Å². The highest BCUT2D eigenvalue weighted by molar-refractivity contribution is 5.67. The Morgan fingerprint density at radius 2 is 2.30 bits per heavy atom. The summed E-state index contributed by atoms with van der Waals surface area (Å²) in [5, 5.41) is 3.34. The highest BCUT2D eigenvalue weighted by Crippen LogP contribution is 2.34. The number of rotatable bonds is 4. The molecule has 1 aromatic heterocycles. The van der Waals surface area contributed by atoms with Gasteiger partial charge in [-0.05, 0) is 25.1 Å². The number of aromatic nitrogens is 2. The van der Waals surface area contributed by atoms with Gasteiger partial charge in [-0.1, -0.05) is 0 Å². The number of imidazole rings is 1. The third-order valence-corrected chi connectivity index (χ3v) is 3.41. The Morgan fingerprint density at radius 3 is 3.05 bits per heavy atom. The van der Waals surface area contributed by atoms with Crippen molar-refractivity contribution in [2.24, 2.45) is 7.05 Å². The minimum atomic E-state index is 0.723. The average molecular weight is 272 g/mol. The zero-order valence-electron chi connectivity index (χ0n) is 12.0. The van der Waals surface area contributed by atoms with Crippen molar-refractivity contribution < 1.29 is 4.74 Å². The van der Waals surface area contributed by atoms with Crippen LogP contribution in [0.15, 0.2) is 30.7 Å². The first-order valence-corrected chi connectivity index (χ1v) is 6.99. The van der Waals surface area contributed by atoms with E-state index in [1.807, 2.05) is 24.0 Å². The molecule has 2 heterocycles. The largest absolute Gasteiger partial charge is 0.490 e. The molecule has 0 amide bonds. The van der Waals surface area contributed by atoms with Crippen LogP contribution in [0, 0.1) is 0 Å². The van der Waals surface area contributed by atoms with Gasteiger partial charge in [0.15, 0.2) is 0 Å². The van der Waals surface area contributed by atoms with E-state index in [1.54, 1.807) is 0 Å². The van der Waals surface area contributed by atoms with Crippen molar-refractivity contribution in [3.05, 3.63) is 36.4 Å². The molecule has 0 radical (unpaired) electrons. The summed E-state index contributed by atoms with van der Waals surface area (Å²) < 4.78 is 7.71. The van der Waals surface area contributed by atoms with E-state index in [0.717, 1.165) is 49.1 Å². The molecule has 3 rings (SSSR count). The fourth-order valence-electron chi connectivity index (χ4n) is 2.50. The van der Waals surface area contributed by atoms with Crippen LogP contribution >= 0.6 is 0 Å². The molecule has 1 aromatic carbocycles. The molecule has 2 aromatic rings. The van der Waals surface area contributed by atoms with Crippen molar-refractivity contribution in [1.29, 1.82) is 0 Å². The Hall–Kier alpha value is -2.17. The molecular formula is C15H20N4O. The lowest BCUT2D eigenvalue weighted by Crippen LogP contribution is -2.32. The molecule has 0 saturated carbocycles. The minimum absolute atomic E-state index is 0.723. The summed E-state index contributed by atoms with van der Waals surface area (Å²) >= 11 is 0.